The SMILES string of the molecule is CN1CCN(c2ccc(C(=O)Nc3n[nH]c4ccc(COCc5cc(F)cc(F)c5)cc34)c(NC3CCOCC3)c2)CC1. The van der Waals surface area contributed by atoms with Gasteiger partial charge < -0.3 is 29.9 Å². The molecule has 2 aliphatic heterocycles. The van der Waals surface area contributed by atoms with Crippen molar-refractivity contribution in [3.05, 3.63) is 82.9 Å². The Morgan fingerprint density at radius 3 is 2.49 bits per heavy atom. The molecule has 43 heavy (non-hydrogen) atoms. The second kappa shape index (κ2) is 13.1. The van der Waals surface area contributed by atoms with Crippen molar-refractivity contribution in [3.63, 3.8) is 0 Å². The molecular weight excluding hydrogens is 554 g/mol. The van der Waals surface area contributed by atoms with Gasteiger partial charge in [0.2, 0.25) is 0 Å². The Balaban J connectivity index is 1.18. The molecule has 3 heterocycles. The van der Waals surface area contributed by atoms with E-state index < -0.39 is 11.6 Å². The predicted molar refractivity (Wildman–Crippen MR) is 163 cm³/mol. The van der Waals surface area contributed by atoms with Crippen LogP contribution in [-0.4, -0.2) is 73.5 Å². The van der Waals surface area contributed by atoms with Gasteiger partial charge >= 0.3 is 0 Å². The Hall–Kier alpha value is -4.06. The van der Waals surface area contributed by atoms with E-state index >= 15 is 0 Å². The summed E-state index contributed by atoms with van der Waals surface area (Å²) in [6, 6.07) is 15.2. The molecule has 0 bridgehead atoms. The maximum absolute atomic E-state index is 13.7. The molecule has 0 aliphatic carbocycles. The zero-order valence-corrected chi connectivity index (χ0v) is 24.2. The van der Waals surface area contributed by atoms with Gasteiger partial charge in [0, 0.05) is 68.3 Å². The first-order chi connectivity index (χ1) is 20.9. The minimum Gasteiger partial charge on any atom is -0.381 e. The van der Waals surface area contributed by atoms with Crippen LogP contribution in [0.25, 0.3) is 10.9 Å². The van der Waals surface area contributed by atoms with Crippen molar-refractivity contribution in [2.24, 2.45) is 0 Å². The highest BCUT2D eigenvalue weighted by atomic mass is 19.1. The van der Waals surface area contributed by atoms with Crippen molar-refractivity contribution in [1.29, 1.82) is 0 Å². The van der Waals surface area contributed by atoms with Crippen LogP contribution >= 0.6 is 0 Å². The largest absolute Gasteiger partial charge is 0.381 e. The number of nitrogens with zero attached hydrogens (tertiary/aromatic N) is 3. The minimum atomic E-state index is -0.640. The molecule has 0 atom stereocenters. The second-order valence-electron chi connectivity index (χ2n) is 11.2. The minimum absolute atomic E-state index is 0.0642. The summed E-state index contributed by atoms with van der Waals surface area (Å²) in [5.41, 5.74) is 4.44. The van der Waals surface area contributed by atoms with Crippen LogP contribution in [0.5, 0.6) is 0 Å². The van der Waals surface area contributed by atoms with Gasteiger partial charge in [0.05, 0.1) is 24.3 Å². The van der Waals surface area contributed by atoms with Crippen molar-refractivity contribution in [1.82, 2.24) is 15.1 Å². The molecule has 2 saturated heterocycles. The summed E-state index contributed by atoms with van der Waals surface area (Å²) in [6.07, 6.45) is 1.76. The third kappa shape index (κ3) is 7.12. The molecule has 2 aliphatic rings. The Morgan fingerprint density at radius 2 is 1.72 bits per heavy atom. The molecule has 0 radical (unpaired) electrons. The molecule has 3 aromatic carbocycles. The number of nitrogens with one attached hydrogen (secondary N) is 3. The Kier molecular flexibility index (Phi) is 8.82. The molecule has 0 unspecified atom stereocenters. The number of hydrogen-bond acceptors (Lipinski definition) is 7. The normalized spacial score (nSPS) is 16.5. The van der Waals surface area contributed by atoms with Gasteiger partial charge in [0.15, 0.2) is 5.82 Å². The van der Waals surface area contributed by atoms with Crippen LogP contribution in [0.1, 0.15) is 34.3 Å². The fraction of sp³-hybridized carbons (Fsp3) is 0.375. The number of aromatic amines is 1. The number of likely N-dealkylation sites (N-methyl/N-ethyl adjacent to an activating group) is 1. The Labute approximate surface area is 249 Å². The molecule has 0 spiro atoms. The number of amides is 1. The number of carbonyl (C=O) groups excluding carboxylic acids is 1. The number of piperazine rings is 1. The first-order valence-electron chi connectivity index (χ1n) is 14.6. The molecular formula is C32H36F2N6O3. The van der Waals surface area contributed by atoms with Crippen LogP contribution in [0, 0.1) is 11.6 Å². The smallest absolute Gasteiger partial charge is 0.258 e. The maximum Gasteiger partial charge on any atom is 0.258 e. The third-order valence-corrected chi connectivity index (χ3v) is 8.02. The number of aromatic nitrogens is 2. The lowest BCUT2D eigenvalue weighted by molar-refractivity contribution is 0.0904. The molecule has 2 fully saturated rings. The molecule has 0 saturated carbocycles. The third-order valence-electron chi connectivity index (χ3n) is 8.02. The van der Waals surface area contributed by atoms with Crippen LogP contribution in [0.2, 0.25) is 0 Å². The molecule has 1 amide bonds. The van der Waals surface area contributed by atoms with Gasteiger partial charge in [-0.15, -0.1) is 0 Å². The van der Waals surface area contributed by atoms with E-state index in [0.717, 1.165) is 72.9 Å². The lowest BCUT2D eigenvalue weighted by atomic mass is 10.1. The van der Waals surface area contributed by atoms with E-state index in [1.54, 1.807) is 0 Å². The maximum atomic E-state index is 13.7. The molecule has 226 valence electrons. The van der Waals surface area contributed by atoms with E-state index in [2.05, 4.69) is 43.7 Å². The second-order valence-corrected chi connectivity index (χ2v) is 11.2. The van der Waals surface area contributed by atoms with Crippen LogP contribution in [0.3, 0.4) is 0 Å². The van der Waals surface area contributed by atoms with Gasteiger partial charge in [-0.3, -0.25) is 9.89 Å². The van der Waals surface area contributed by atoms with Crippen molar-refractivity contribution in [2.75, 3.05) is 62.0 Å². The average Bonchev–Trinajstić information content (AvgIpc) is 3.39. The summed E-state index contributed by atoms with van der Waals surface area (Å²) in [5.74, 6) is -1.13. The van der Waals surface area contributed by atoms with E-state index in [4.69, 9.17) is 9.47 Å². The van der Waals surface area contributed by atoms with Gasteiger partial charge in [-0.2, -0.15) is 5.10 Å². The number of ether oxygens (including phenoxy) is 2. The van der Waals surface area contributed by atoms with E-state index in [1.165, 1.54) is 12.1 Å². The molecule has 3 N–H and O–H groups in total. The van der Waals surface area contributed by atoms with Gasteiger partial charge in [0.25, 0.3) is 5.91 Å². The number of H-pyrrole nitrogens is 1. The number of rotatable bonds is 9. The fourth-order valence-corrected chi connectivity index (χ4v) is 5.57. The zero-order valence-electron chi connectivity index (χ0n) is 24.2. The number of benzene rings is 3. The molecule has 11 heteroatoms. The highest BCUT2D eigenvalue weighted by molar-refractivity contribution is 6.11. The van der Waals surface area contributed by atoms with Crippen LogP contribution in [0.4, 0.5) is 26.0 Å². The van der Waals surface area contributed by atoms with Crippen molar-refractivity contribution < 1.29 is 23.0 Å². The van der Waals surface area contributed by atoms with E-state index in [0.29, 0.717) is 30.2 Å². The molecule has 6 rings (SSSR count). The lowest BCUT2D eigenvalue weighted by Crippen LogP contribution is -2.44. The zero-order chi connectivity index (χ0) is 29.8. The standard InChI is InChI=1S/C32H36F2N6O3/c1-39-8-10-40(11-9-39)26-3-4-27(30(18-26)35-25-6-12-42-13-7-25)32(41)36-31-28-16-21(2-5-29(28)37-38-31)19-43-20-22-14-23(33)17-24(34)15-22/h2-5,14-18,25,35H,6-13,19-20H2,1H3,(H2,36,37,38,41). The Morgan fingerprint density at radius 1 is 0.977 bits per heavy atom. The monoisotopic (exact) mass is 590 g/mol. The summed E-state index contributed by atoms with van der Waals surface area (Å²) < 4.78 is 38.2. The van der Waals surface area contributed by atoms with Crippen molar-refractivity contribution >= 4 is 34.0 Å². The highest BCUT2D eigenvalue weighted by Gasteiger charge is 2.22. The molecule has 4 aromatic rings. The average molecular weight is 591 g/mol. The summed E-state index contributed by atoms with van der Waals surface area (Å²) >= 11 is 0. The quantitative estimate of drug-likeness (QED) is 0.248. The number of halogens is 2. The molecule has 1 aromatic heterocycles. The van der Waals surface area contributed by atoms with Crippen LogP contribution < -0.4 is 15.5 Å². The van der Waals surface area contributed by atoms with Gasteiger partial charge in [-0.05, 0) is 73.5 Å². The summed E-state index contributed by atoms with van der Waals surface area (Å²) in [7, 11) is 2.13. The van der Waals surface area contributed by atoms with E-state index in [-0.39, 0.29) is 25.2 Å². The summed E-state index contributed by atoms with van der Waals surface area (Å²) in [5, 5.41) is 14.7. The van der Waals surface area contributed by atoms with Gasteiger partial charge in [-0.1, -0.05) is 6.07 Å². The number of anilines is 3. The number of carbonyl (C=O) groups is 1. The topological polar surface area (TPSA) is 94.8 Å². The first-order valence-corrected chi connectivity index (χ1v) is 14.6. The van der Waals surface area contributed by atoms with Gasteiger partial charge in [0.1, 0.15) is 11.6 Å². The summed E-state index contributed by atoms with van der Waals surface area (Å²) in [6.45, 7) is 5.53. The first kappa shape index (κ1) is 29.0. The van der Waals surface area contributed by atoms with Crippen LogP contribution in [0.15, 0.2) is 54.6 Å². The Bertz CT molecular complexity index is 1560. The highest BCUT2D eigenvalue weighted by Crippen LogP contribution is 2.29. The number of fused-ring (bicyclic) bond motifs is 1. The van der Waals surface area contributed by atoms with E-state index in [1.807, 2.05) is 30.3 Å². The number of hydrogen-bond donors (Lipinski definition) is 3. The molecule has 9 nitrogen and oxygen atoms in total. The van der Waals surface area contributed by atoms with E-state index in [9.17, 15) is 13.6 Å². The van der Waals surface area contributed by atoms with Crippen LogP contribution in [-0.2, 0) is 22.7 Å². The predicted octanol–water partition coefficient (Wildman–Crippen LogP) is 5.15. The summed E-state index contributed by atoms with van der Waals surface area (Å²) in [4.78, 5) is 18.4. The van der Waals surface area contributed by atoms with Crippen molar-refractivity contribution in [3.8, 4) is 0 Å². The van der Waals surface area contributed by atoms with Gasteiger partial charge in [-0.25, -0.2) is 8.78 Å². The van der Waals surface area contributed by atoms with Crippen molar-refractivity contribution in [2.45, 2.75) is 32.1 Å². The lowest BCUT2D eigenvalue weighted by Gasteiger charge is -2.34. The fourth-order valence-electron chi connectivity index (χ4n) is 5.57.